The van der Waals surface area contributed by atoms with Crippen LogP contribution in [0.3, 0.4) is 0 Å². The predicted molar refractivity (Wildman–Crippen MR) is 229 cm³/mol. The van der Waals surface area contributed by atoms with E-state index in [2.05, 4.69) is 157 Å². The first-order valence-corrected chi connectivity index (χ1v) is 19.3. The van der Waals surface area contributed by atoms with Crippen molar-refractivity contribution in [3.8, 4) is 28.7 Å². The molecule has 0 radical (unpaired) electrons. The normalized spacial score (nSPS) is 12.1. The maximum atomic E-state index is 6.62. The second-order valence-corrected chi connectivity index (χ2v) is 15.9. The van der Waals surface area contributed by atoms with Crippen LogP contribution in [0.2, 0.25) is 0 Å². The summed E-state index contributed by atoms with van der Waals surface area (Å²) in [6.07, 6.45) is 9.10. The fourth-order valence-electron chi connectivity index (χ4n) is 8.74. The second-order valence-electron chi connectivity index (χ2n) is 15.9. The maximum absolute atomic E-state index is 6.62. The molecular weight excluding hydrogens is 896 g/mol. The molecule has 0 amide bonds. The minimum absolute atomic E-state index is 0. The Balaban J connectivity index is 0.00000408. The number of aryl methyl sites for hydroxylation is 2. The number of aromatic nitrogens is 6. The van der Waals surface area contributed by atoms with Crippen LogP contribution in [0.1, 0.15) is 26.3 Å². The van der Waals surface area contributed by atoms with Gasteiger partial charge in [-0.3, -0.25) is 0 Å². The van der Waals surface area contributed by atoms with Crippen molar-refractivity contribution in [2.75, 3.05) is 0 Å². The summed E-state index contributed by atoms with van der Waals surface area (Å²) in [7, 11) is 4.15. The Morgan fingerprint density at radius 2 is 1.31 bits per heavy atom. The minimum Gasteiger partial charge on any atom is -0.510 e. The number of para-hydroxylation sites is 3. The molecule has 11 aromatic rings. The third kappa shape index (κ3) is 5.37. The largest absolute Gasteiger partial charge is 0.510 e. The number of hydrogen-bond acceptors (Lipinski definition) is 2. The van der Waals surface area contributed by atoms with E-state index in [0.717, 1.165) is 50.0 Å². The van der Waals surface area contributed by atoms with Crippen LogP contribution < -0.4 is 9.30 Å². The molecule has 286 valence electrons. The van der Waals surface area contributed by atoms with Gasteiger partial charge in [-0.1, -0.05) is 92.0 Å². The van der Waals surface area contributed by atoms with E-state index >= 15 is 0 Å². The topological polar surface area (TPSA) is 45.7 Å². The molecule has 0 aliphatic rings. The summed E-state index contributed by atoms with van der Waals surface area (Å²) in [5.74, 6) is 2.01. The predicted octanol–water partition coefficient (Wildman–Crippen LogP) is 11.0. The van der Waals surface area contributed by atoms with Crippen LogP contribution in [0.15, 0.2) is 140 Å². The molecule has 0 saturated carbocycles. The van der Waals surface area contributed by atoms with Crippen molar-refractivity contribution >= 4 is 65.4 Å². The molecule has 5 heterocycles. The molecule has 11 rings (SSSR count). The second kappa shape index (κ2) is 13.3. The van der Waals surface area contributed by atoms with Crippen LogP contribution in [-0.2, 0) is 40.6 Å². The van der Waals surface area contributed by atoms with Gasteiger partial charge in [0.05, 0.1) is 29.1 Å². The third-order valence-electron chi connectivity index (χ3n) is 11.3. The van der Waals surface area contributed by atoms with Gasteiger partial charge in [0.2, 0.25) is 6.33 Å². The summed E-state index contributed by atoms with van der Waals surface area (Å²) in [6, 6.07) is 49.9. The van der Waals surface area contributed by atoms with Crippen LogP contribution >= 0.6 is 0 Å². The van der Waals surface area contributed by atoms with Crippen LogP contribution in [0.25, 0.3) is 82.6 Å². The molecule has 0 spiro atoms. The minimum atomic E-state index is -0.0920. The molecule has 0 aliphatic heterocycles. The Kier molecular flexibility index (Phi) is 8.26. The van der Waals surface area contributed by atoms with E-state index in [4.69, 9.17) is 9.72 Å². The Bertz CT molecular complexity index is 3400. The van der Waals surface area contributed by atoms with Crippen molar-refractivity contribution in [1.82, 2.24) is 23.3 Å². The summed E-state index contributed by atoms with van der Waals surface area (Å²) >= 11 is 0. The summed E-state index contributed by atoms with van der Waals surface area (Å²) in [4.78, 5) is 5.13. The molecular formula is C50H38N6OPt-2. The number of benzene rings is 6. The Morgan fingerprint density at radius 3 is 2.05 bits per heavy atom. The Morgan fingerprint density at radius 1 is 0.638 bits per heavy atom. The van der Waals surface area contributed by atoms with Gasteiger partial charge in [-0.05, 0) is 52.8 Å². The molecule has 0 atom stereocenters. The first-order chi connectivity index (χ1) is 27.7. The van der Waals surface area contributed by atoms with Gasteiger partial charge < -0.3 is 27.6 Å². The monoisotopic (exact) mass is 933 g/mol. The van der Waals surface area contributed by atoms with Crippen molar-refractivity contribution < 1.29 is 30.4 Å². The molecule has 5 aromatic heterocycles. The van der Waals surface area contributed by atoms with E-state index in [1.807, 2.05) is 59.0 Å². The van der Waals surface area contributed by atoms with Crippen LogP contribution in [-0.4, -0.2) is 23.3 Å². The number of nitrogens with zero attached hydrogens (tertiary/aromatic N) is 6. The summed E-state index contributed by atoms with van der Waals surface area (Å²) in [6.45, 7) is 6.74. The molecule has 0 bridgehead atoms. The number of pyridine rings is 1. The quantitative estimate of drug-likeness (QED) is 0.128. The van der Waals surface area contributed by atoms with E-state index in [0.29, 0.717) is 11.5 Å². The van der Waals surface area contributed by atoms with E-state index in [-0.39, 0.29) is 26.5 Å². The molecule has 6 aromatic carbocycles. The third-order valence-corrected chi connectivity index (χ3v) is 11.3. The summed E-state index contributed by atoms with van der Waals surface area (Å²) in [5.41, 5.74) is 9.66. The molecule has 0 unspecified atom stereocenters. The van der Waals surface area contributed by atoms with Crippen molar-refractivity contribution in [3.63, 3.8) is 0 Å². The first kappa shape index (κ1) is 35.9. The summed E-state index contributed by atoms with van der Waals surface area (Å²) in [5, 5.41) is 6.99. The van der Waals surface area contributed by atoms with Crippen molar-refractivity contribution in [2.24, 2.45) is 14.1 Å². The van der Waals surface area contributed by atoms with Gasteiger partial charge in [0.15, 0.2) is 0 Å². The van der Waals surface area contributed by atoms with Gasteiger partial charge in [-0.25, -0.2) is 4.98 Å². The van der Waals surface area contributed by atoms with Gasteiger partial charge in [0, 0.05) is 91.0 Å². The van der Waals surface area contributed by atoms with Gasteiger partial charge in [0.1, 0.15) is 5.82 Å². The van der Waals surface area contributed by atoms with Crippen molar-refractivity contribution in [1.29, 1.82) is 0 Å². The average Bonchev–Trinajstić information content (AvgIpc) is 3.98. The van der Waals surface area contributed by atoms with Gasteiger partial charge in [0.25, 0.3) is 0 Å². The number of rotatable bonds is 5. The zero-order valence-electron chi connectivity index (χ0n) is 32.7. The van der Waals surface area contributed by atoms with Gasteiger partial charge >= 0.3 is 0 Å². The average molecular weight is 934 g/mol. The smallest absolute Gasteiger partial charge is 0.241 e. The Labute approximate surface area is 350 Å². The summed E-state index contributed by atoms with van der Waals surface area (Å²) < 4.78 is 17.5. The molecule has 0 aliphatic carbocycles. The first-order valence-electron chi connectivity index (χ1n) is 19.3. The van der Waals surface area contributed by atoms with Gasteiger partial charge in [-0.2, -0.15) is 18.2 Å². The number of ether oxygens (including phenoxy) is 1. The SMILES string of the molecule is Cn1[c-][n+](-c2[c-]c(Oc3[c-]c4c(cc3)c3c(c5c6ccccc6n(C)c5c5c6ccccc6n(-c6ccccc6)c53)n4-c3cc(C(C)(C)C)ccn3)ccc2)cc1.[Pt]. The fraction of sp³-hybridized carbons (Fsp3) is 0.120. The fourth-order valence-corrected chi connectivity index (χ4v) is 8.74. The Hall–Kier alpha value is -6.43. The standard InChI is InChI=1S/C50H38N6O.Pt/c1-50(2,3)32-24-25-51-43(28-32)56-42-30-36(57-35-17-13-16-34(29-35)54-27-26-52(4)31-54)22-23-39(42)46-48-45(47-44(49(46)56)37-18-9-11-20-40(37)53(47)5)38-19-10-12-21-41(38)55(48)33-14-7-6-8-15-33;/h6-28H,1-5H3;/q-2;. The molecule has 0 saturated heterocycles. The zero-order chi connectivity index (χ0) is 38.6. The molecule has 7 nitrogen and oxygen atoms in total. The van der Waals surface area contributed by atoms with Crippen molar-refractivity contribution in [3.05, 3.63) is 164 Å². The van der Waals surface area contributed by atoms with Crippen LogP contribution in [0.5, 0.6) is 11.5 Å². The molecule has 8 heteroatoms. The van der Waals surface area contributed by atoms with Crippen molar-refractivity contribution in [2.45, 2.75) is 26.2 Å². The van der Waals surface area contributed by atoms with Crippen LogP contribution in [0, 0.1) is 18.5 Å². The van der Waals surface area contributed by atoms with Gasteiger partial charge in [-0.15, -0.1) is 24.3 Å². The van der Waals surface area contributed by atoms with E-state index in [1.165, 1.54) is 38.1 Å². The number of hydrogen-bond donors (Lipinski definition) is 0. The molecule has 58 heavy (non-hydrogen) atoms. The molecule has 0 fully saturated rings. The van der Waals surface area contributed by atoms with E-state index in [9.17, 15) is 0 Å². The van der Waals surface area contributed by atoms with E-state index < -0.39 is 0 Å². The zero-order valence-corrected chi connectivity index (χ0v) is 35.0. The molecule has 0 N–H and O–H groups in total. The van der Waals surface area contributed by atoms with Crippen LogP contribution in [0.4, 0.5) is 0 Å². The number of fused-ring (bicyclic) bond motifs is 12. The van der Waals surface area contributed by atoms with E-state index in [1.54, 1.807) is 0 Å². The number of imidazole rings is 1. The maximum Gasteiger partial charge on any atom is 0.241 e.